The van der Waals surface area contributed by atoms with E-state index in [1.807, 2.05) is 0 Å². The van der Waals surface area contributed by atoms with Crippen molar-refractivity contribution in [2.75, 3.05) is 11.8 Å². The summed E-state index contributed by atoms with van der Waals surface area (Å²) in [6.07, 6.45) is 3.12. The molecule has 12 heteroatoms. The van der Waals surface area contributed by atoms with Gasteiger partial charge in [0.15, 0.2) is 12.0 Å². The standard InChI is InChI=1S/C22H19N5O6S/c1-33-21-18(13-25-27(21)20(30)15-3-7-16(28)8-4-15)19(29)14-5-9-17(10-6-14)34(31,32)26-22-23-11-2-12-24-22/h2-13,18,21,28H,1H3,(H,23,24,26). The number of hydrazone groups is 1. The summed E-state index contributed by atoms with van der Waals surface area (Å²) in [5.41, 5.74) is 0.474. The van der Waals surface area contributed by atoms with Crippen molar-refractivity contribution < 1.29 is 27.9 Å². The molecule has 0 fully saturated rings. The molecule has 174 valence electrons. The van der Waals surface area contributed by atoms with Crippen LogP contribution in [-0.2, 0) is 14.8 Å². The number of anilines is 1. The average Bonchev–Trinajstić information content (AvgIpc) is 3.28. The summed E-state index contributed by atoms with van der Waals surface area (Å²) in [6.45, 7) is 0. The van der Waals surface area contributed by atoms with Gasteiger partial charge < -0.3 is 9.84 Å². The van der Waals surface area contributed by atoms with Gasteiger partial charge in [-0.3, -0.25) is 9.59 Å². The van der Waals surface area contributed by atoms with Gasteiger partial charge in [0.25, 0.3) is 15.9 Å². The number of hydrogen-bond donors (Lipinski definition) is 2. The van der Waals surface area contributed by atoms with Gasteiger partial charge in [-0.2, -0.15) is 10.1 Å². The first-order valence-corrected chi connectivity index (χ1v) is 11.4. The second-order valence-electron chi connectivity index (χ2n) is 7.18. The molecule has 0 spiro atoms. The number of rotatable bonds is 7. The molecule has 2 unspecified atom stereocenters. The number of Topliss-reactive ketones (excluding diaryl/α,β-unsaturated/α-hetero) is 1. The zero-order valence-corrected chi connectivity index (χ0v) is 18.6. The van der Waals surface area contributed by atoms with Gasteiger partial charge in [-0.1, -0.05) is 12.1 Å². The third-order valence-corrected chi connectivity index (χ3v) is 6.35. The van der Waals surface area contributed by atoms with Gasteiger partial charge >= 0.3 is 0 Å². The van der Waals surface area contributed by atoms with Crippen molar-refractivity contribution in [1.82, 2.24) is 15.0 Å². The maximum absolute atomic E-state index is 13.1. The number of aromatic nitrogens is 2. The highest BCUT2D eigenvalue weighted by Gasteiger charge is 2.40. The number of carbonyl (C=O) groups excluding carboxylic acids is 2. The predicted molar refractivity (Wildman–Crippen MR) is 121 cm³/mol. The molecule has 0 bridgehead atoms. The molecule has 2 N–H and O–H groups in total. The molecule has 1 aliphatic heterocycles. The van der Waals surface area contributed by atoms with Gasteiger partial charge in [-0.25, -0.2) is 23.1 Å². The van der Waals surface area contributed by atoms with E-state index in [-0.39, 0.29) is 27.7 Å². The molecule has 0 saturated carbocycles. The quantitative estimate of drug-likeness (QED) is 0.486. The summed E-state index contributed by atoms with van der Waals surface area (Å²) >= 11 is 0. The first-order chi connectivity index (χ1) is 16.3. The van der Waals surface area contributed by atoms with Crippen LogP contribution >= 0.6 is 0 Å². The molecule has 1 aromatic heterocycles. The molecule has 34 heavy (non-hydrogen) atoms. The number of methoxy groups -OCH3 is 1. The lowest BCUT2D eigenvalue weighted by Crippen LogP contribution is -2.41. The van der Waals surface area contributed by atoms with Gasteiger partial charge in [0.05, 0.1) is 4.90 Å². The molecule has 4 rings (SSSR count). The average molecular weight is 481 g/mol. The minimum absolute atomic E-state index is 0.00905. The number of nitrogens with one attached hydrogen (secondary N) is 1. The van der Waals surface area contributed by atoms with Crippen LogP contribution in [0.5, 0.6) is 5.75 Å². The van der Waals surface area contributed by atoms with Crippen LogP contribution in [0.4, 0.5) is 5.95 Å². The van der Waals surface area contributed by atoms with Crippen LogP contribution in [0.2, 0.25) is 0 Å². The Labute approximate surface area is 194 Å². The Morgan fingerprint density at radius 3 is 2.24 bits per heavy atom. The van der Waals surface area contributed by atoms with Crippen LogP contribution in [0.3, 0.4) is 0 Å². The SMILES string of the molecule is COC1C(C(=O)c2ccc(S(=O)(=O)Nc3ncccn3)cc2)C=NN1C(=O)c1ccc(O)cc1. The number of phenols is 1. The van der Waals surface area contributed by atoms with Crippen molar-refractivity contribution in [2.45, 2.75) is 11.1 Å². The van der Waals surface area contributed by atoms with Crippen LogP contribution in [0.1, 0.15) is 20.7 Å². The van der Waals surface area contributed by atoms with Gasteiger partial charge in [-0.05, 0) is 42.5 Å². The molecule has 2 heterocycles. The normalized spacial score (nSPS) is 17.5. The van der Waals surface area contributed by atoms with E-state index in [2.05, 4.69) is 19.8 Å². The molecular formula is C22H19N5O6S. The smallest absolute Gasteiger partial charge is 0.276 e. The van der Waals surface area contributed by atoms with Crippen molar-refractivity contribution in [3.63, 3.8) is 0 Å². The maximum Gasteiger partial charge on any atom is 0.276 e. The third-order valence-electron chi connectivity index (χ3n) is 5.01. The maximum atomic E-state index is 13.1. The summed E-state index contributed by atoms with van der Waals surface area (Å²) in [7, 11) is -2.60. The van der Waals surface area contributed by atoms with Gasteiger partial charge in [0.2, 0.25) is 5.95 Å². The summed E-state index contributed by atoms with van der Waals surface area (Å²) < 4.78 is 32.7. The second-order valence-corrected chi connectivity index (χ2v) is 8.86. The molecule has 1 amide bonds. The number of phenolic OH excluding ortho intramolecular Hbond substituents is 1. The van der Waals surface area contributed by atoms with Crippen molar-refractivity contribution >= 4 is 33.9 Å². The Balaban J connectivity index is 1.50. The molecule has 3 aromatic rings. The van der Waals surface area contributed by atoms with E-state index in [0.717, 1.165) is 5.01 Å². The minimum atomic E-state index is -3.95. The molecule has 2 atom stereocenters. The number of aromatic hydroxyl groups is 1. The van der Waals surface area contributed by atoms with Crippen molar-refractivity contribution in [2.24, 2.45) is 11.0 Å². The Kier molecular flexibility index (Phi) is 6.34. The fourth-order valence-corrected chi connectivity index (χ4v) is 4.26. The number of benzene rings is 2. The lowest BCUT2D eigenvalue weighted by atomic mass is 9.97. The van der Waals surface area contributed by atoms with E-state index in [1.54, 1.807) is 6.07 Å². The number of sulfonamides is 1. The zero-order chi connectivity index (χ0) is 24.3. The van der Waals surface area contributed by atoms with E-state index in [0.29, 0.717) is 0 Å². The monoisotopic (exact) mass is 481 g/mol. The number of amides is 1. The lowest BCUT2D eigenvalue weighted by molar-refractivity contribution is -0.0220. The van der Waals surface area contributed by atoms with Crippen LogP contribution < -0.4 is 4.72 Å². The first kappa shape index (κ1) is 23.0. The van der Waals surface area contributed by atoms with Crippen LogP contribution in [-0.4, -0.2) is 59.7 Å². The largest absolute Gasteiger partial charge is 0.508 e. The van der Waals surface area contributed by atoms with Crippen LogP contribution in [0, 0.1) is 5.92 Å². The van der Waals surface area contributed by atoms with Gasteiger partial charge in [0, 0.05) is 36.8 Å². The molecule has 0 saturated heterocycles. The van der Waals surface area contributed by atoms with Crippen molar-refractivity contribution in [1.29, 1.82) is 0 Å². The summed E-state index contributed by atoms with van der Waals surface area (Å²) in [6, 6.07) is 12.5. The number of nitrogens with zero attached hydrogens (tertiary/aromatic N) is 4. The molecule has 1 aliphatic rings. The molecule has 0 radical (unpaired) electrons. The Hall–Kier alpha value is -4.16. The predicted octanol–water partition coefficient (Wildman–Crippen LogP) is 1.90. The topological polar surface area (TPSA) is 151 Å². The summed E-state index contributed by atoms with van der Waals surface area (Å²) in [5.74, 6) is -1.88. The van der Waals surface area contributed by atoms with Crippen molar-refractivity contribution in [3.05, 3.63) is 78.1 Å². The van der Waals surface area contributed by atoms with E-state index in [4.69, 9.17) is 4.74 Å². The van der Waals surface area contributed by atoms with Gasteiger partial charge in [-0.15, -0.1) is 0 Å². The molecule has 11 nitrogen and oxygen atoms in total. The Morgan fingerprint density at radius 2 is 1.62 bits per heavy atom. The minimum Gasteiger partial charge on any atom is -0.508 e. The Bertz CT molecular complexity index is 1330. The number of ether oxygens (including phenoxy) is 1. The third kappa shape index (κ3) is 4.63. The number of carbonyl (C=O) groups is 2. The highest BCUT2D eigenvalue weighted by Crippen LogP contribution is 2.25. The Morgan fingerprint density at radius 1 is 1.00 bits per heavy atom. The van der Waals surface area contributed by atoms with Crippen molar-refractivity contribution in [3.8, 4) is 5.75 Å². The number of ketones is 1. The fourth-order valence-electron chi connectivity index (χ4n) is 3.30. The summed E-state index contributed by atoms with van der Waals surface area (Å²) in [5, 5.41) is 14.5. The lowest BCUT2D eigenvalue weighted by Gasteiger charge is -2.24. The second kappa shape index (κ2) is 9.37. The van der Waals surface area contributed by atoms with Gasteiger partial charge in [0.1, 0.15) is 11.7 Å². The molecular weight excluding hydrogens is 462 g/mol. The van der Waals surface area contributed by atoms with E-state index in [1.165, 1.54) is 74.2 Å². The number of hydrogen-bond acceptors (Lipinski definition) is 9. The fraction of sp³-hybridized carbons (Fsp3) is 0.136. The summed E-state index contributed by atoms with van der Waals surface area (Å²) in [4.78, 5) is 33.5. The molecule has 0 aliphatic carbocycles. The van der Waals surface area contributed by atoms with E-state index in [9.17, 15) is 23.1 Å². The van der Waals surface area contributed by atoms with E-state index < -0.39 is 33.9 Å². The molecule has 2 aromatic carbocycles. The van der Waals surface area contributed by atoms with Crippen LogP contribution in [0.15, 0.2) is 77.0 Å². The highest BCUT2D eigenvalue weighted by molar-refractivity contribution is 7.92. The highest BCUT2D eigenvalue weighted by atomic mass is 32.2. The zero-order valence-electron chi connectivity index (χ0n) is 17.8. The first-order valence-electron chi connectivity index (χ1n) is 9.94. The van der Waals surface area contributed by atoms with Crippen LogP contribution in [0.25, 0.3) is 0 Å². The van der Waals surface area contributed by atoms with E-state index >= 15 is 0 Å².